The molecule has 4 aromatic rings. The molecule has 1 aromatic heterocycles. The minimum absolute atomic E-state index is 0.276. The van der Waals surface area contributed by atoms with Gasteiger partial charge < -0.3 is 14.8 Å². The maximum absolute atomic E-state index is 12.7. The van der Waals surface area contributed by atoms with Gasteiger partial charge >= 0.3 is 11.7 Å². The standard InChI is InChI=1S/C22H17N3O5/c1-13(21(27)28)30-19-11-10-14-6-2-3-7-15(14)17(19)12-23-25-20(26)16-8-4-5-9-18(16)24-22(25)29/h2-13H,1H3,(H,24,29)(H,27,28)/t13-/m0/s1. The third kappa shape index (κ3) is 3.46. The summed E-state index contributed by atoms with van der Waals surface area (Å²) in [7, 11) is 0. The van der Waals surface area contributed by atoms with Crippen molar-refractivity contribution >= 4 is 33.9 Å². The third-order valence-corrected chi connectivity index (χ3v) is 4.67. The Morgan fingerprint density at radius 1 is 1.07 bits per heavy atom. The molecule has 3 aromatic carbocycles. The van der Waals surface area contributed by atoms with Gasteiger partial charge in [-0.05, 0) is 35.9 Å². The topological polar surface area (TPSA) is 114 Å². The number of aromatic nitrogens is 2. The SMILES string of the molecule is C[C@H](Oc1ccc2ccccc2c1C=Nn1c(=O)[nH]c2ccccc2c1=O)C(=O)O. The number of ether oxygens (including phenoxy) is 1. The van der Waals surface area contributed by atoms with Crippen molar-refractivity contribution in [1.82, 2.24) is 9.66 Å². The van der Waals surface area contributed by atoms with E-state index in [1.165, 1.54) is 13.1 Å². The normalized spacial score (nSPS) is 12.4. The van der Waals surface area contributed by atoms with Crippen LogP contribution in [0.3, 0.4) is 0 Å². The summed E-state index contributed by atoms with van der Waals surface area (Å²) >= 11 is 0. The van der Waals surface area contributed by atoms with Crippen LogP contribution in [0, 0.1) is 0 Å². The summed E-state index contributed by atoms with van der Waals surface area (Å²) in [6, 6.07) is 17.5. The maximum atomic E-state index is 12.7. The summed E-state index contributed by atoms with van der Waals surface area (Å²) in [4.78, 5) is 38.9. The van der Waals surface area contributed by atoms with Gasteiger partial charge in [0.2, 0.25) is 0 Å². The first-order chi connectivity index (χ1) is 14.5. The number of H-pyrrole nitrogens is 1. The van der Waals surface area contributed by atoms with Crippen molar-refractivity contribution in [3.63, 3.8) is 0 Å². The fourth-order valence-electron chi connectivity index (χ4n) is 3.13. The Bertz CT molecular complexity index is 1420. The van der Waals surface area contributed by atoms with Crippen molar-refractivity contribution in [2.24, 2.45) is 5.10 Å². The van der Waals surface area contributed by atoms with Gasteiger partial charge in [-0.1, -0.05) is 42.5 Å². The zero-order chi connectivity index (χ0) is 21.3. The van der Waals surface area contributed by atoms with Crippen molar-refractivity contribution in [2.75, 3.05) is 0 Å². The van der Waals surface area contributed by atoms with E-state index in [0.717, 1.165) is 15.4 Å². The van der Waals surface area contributed by atoms with Crippen LogP contribution in [0.4, 0.5) is 0 Å². The molecule has 0 aliphatic carbocycles. The van der Waals surface area contributed by atoms with Crippen LogP contribution >= 0.6 is 0 Å². The van der Waals surface area contributed by atoms with Gasteiger partial charge in [0.15, 0.2) is 6.10 Å². The van der Waals surface area contributed by atoms with E-state index in [2.05, 4.69) is 10.1 Å². The number of fused-ring (bicyclic) bond motifs is 2. The Labute approximate surface area is 169 Å². The summed E-state index contributed by atoms with van der Waals surface area (Å²) in [5, 5.41) is 15.2. The van der Waals surface area contributed by atoms with Crippen LogP contribution < -0.4 is 16.0 Å². The second kappa shape index (κ2) is 7.67. The van der Waals surface area contributed by atoms with Crippen molar-refractivity contribution in [2.45, 2.75) is 13.0 Å². The molecule has 1 heterocycles. The molecule has 150 valence electrons. The minimum atomic E-state index is -1.12. The molecule has 30 heavy (non-hydrogen) atoms. The van der Waals surface area contributed by atoms with Gasteiger partial charge in [-0.2, -0.15) is 5.10 Å². The lowest BCUT2D eigenvalue weighted by atomic mass is 10.0. The number of hydrogen-bond acceptors (Lipinski definition) is 5. The number of hydrogen-bond donors (Lipinski definition) is 2. The molecule has 0 bridgehead atoms. The van der Waals surface area contributed by atoms with Crippen molar-refractivity contribution < 1.29 is 14.6 Å². The molecule has 0 saturated carbocycles. The molecular formula is C22H17N3O5. The highest BCUT2D eigenvalue weighted by atomic mass is 16.5. The highest BCUT2D eigenvalue weighted by Gasteiger charge is 2.16. The minimum Gasteiger partial charge on any atom is -0.479 e. The first-order valence-corrected chi connectivity index (χ1v) is 9.15. The number of para-hydroxylation sites is 1. The average Bonchev–Trinajstić information content (AvgIpc) is 2.74. The van der Waals surface area contributed by atoms with E-state index in [1.54, 1.807) is 36.4 Å². The monoisotopic (exact) mass is 403 g/mol. The second-order valence-electron chi connectivity index (χ2n) is 6.63. The lowest BCUT2D eigenvalue weighted by Crippen LogP contribution is -2.32. The predicted molar refractivity (Wildman–Crippen MR) is 113 cm³/mol. The predicted octanol–water partition coefficient (Wildman–Crippen LogP) is 2.58. The van der Waals surface area contributed by atoms with E-state index in [9.17, 15) is 19.5 Å². The lowest BCUT2D eigenvalue weighted by molar-refractivity contribution is -0.144. The fourth-order valence-corrected chi connectivity index (χ4v) is 3.13. The van der Waals surface area contributed by atoms with Gasteiger partial charge in [0.25, 0.3) is 5.56 Å². The second-order valence-corrected chi connectivity index (χ2v) is 6.63. The number of aromatic amines is 1. The molecular weight excluding hydrogens is 386 g/mol. The Kier molecular flexibility index (Phi) is 4.89. The number of rotatable bonds is 5. The van der Waals surface area contributed by atoms with E-state index < -0.39 is 23.3 Å². The largest absolute Gasteiger partial charge is 0.479 e. The van der Waals surface area contributed by atoms with Gasteiger partial charge in [-0.25, -0.2) is 9.59 Å². The van der Waals surface area contributed by atoms with E-state index in [-0.39, 0.29) is 5.75 Å². The Balaban J connectivity index is 1.88. The van der Waals surface area contributed by atoms with Crippen LogP contribution in [0.25, 0.3) is 21.7 Å². The lowest BCUT2D eigenvalue weighted by Gasteiger charge is -2.14. The Morgan fingerprint density at radius 3 is 2.53 bits per heavy atom. The molecule has 0 saturated heterocycles. The highest BCUT2D eigenvalue weighted by Crippen LogP contribution is 2.27. The molecule has 8 nitrogen and oxygen atoms in total. The molecule has 2 N–H and O–H groups in total. The zero-order valence-electron chi connectivity index (χ0n) is 15.9. The van der Waals surface area contributed by atoms with E-state index in [4.69, 9.17) is 4.74 Å². The van der Waals surface area contributed by atoms with Crippen molar-refractivity contribution in [1.29, 1.82) is 0 Å². The van der Waals surface area contributed by atoms with Crippen LogP contribution in [0.15, 0.2) is 75.4 Å². The van der Waals surface area contributed by atoms with Gasteiger partial charge in [-0.3, -0.25) is 4.79 Å². The van der Waals surface area contributed by atoms with Gasteiger partial charge in [-0.15, -0.1) is 4.68 Å². The van der Waals surface area contributed by atoms with Gasteiger partial charge in [0.1, 0.15) is 5.75 Å². The molecule has 0 aliphatic heterocycles. The fraction of sp³-hybridized carbons (Fsp3) is 0.0909. The number of carbonyl (C=O) groups is 1. The molecule has 0 spiro atoms. The third-order valence-electron chi connectivity index (χ3n) is 4.67. The number of aliphatic carboxylic acids is 1. The number of benzene rings is 3. The summed E-state index contributed by atoms with van der Waals surface area (Å²) in [5.74, 6) is -0.842. The molecule has 0 radical (unpaired) electrons. The summed E-state index contributed by atoms with van der Waals surface area (Å²) < 4.78 is 6.30. The molecule has 8 heteroatoms. The van der Waals surface area contributed by atoms with Crippen LogP contribution in [0.1, 0.15) is 12.5 Å². The molecule has 1 atom stereocenters. The molecule has 4 rings (SSSR count). The molecule has 0 amide bonds. The first kappa shape index (κ1) is 19.1. The van der Waals surface area contributed by atoms with Crippen LogP contribution in [-0.4, -0.2) is 33.1 Å². The smallest absolute Gasteiger partial charge is 0.349 e. The maximum Gasteiger partial charge on any atom is 0.349 e. The van der Waals surface area contributed by atoms with Crippen molar-refractivity contribution in [3.8, 4) is 5.75 Å². The van der Waals surface area contributed by atoms with Crippen molar-refractivity contribution in [3.05, 3.63) is 87.1 Å². The van der Waals surface area contributed by atoms with Crippen LogP contribution in [0.5, 0.6) is 5.75 Å². The highest BCUT2D eigenvalue weighted by molar-refractivity contribution is 6.02. The summed E-state index contributed by atoms with van der Waals surface area (Å²) in [5.41, 5.74) is -0.368. The van der Waals surface area contributed by atoms with Gasteiger partial charge in [0.05, 0.1) is 17.1 Å². The number of carboxylic acids is 1. The first-order valence-electron chi connectivity index (χ1n) is 9.15. The van der Waals surface area contributed by atoms with E-state index in [0.29, 0.717) is 16.5 Å². The number of nitrogens with zero attached hydrogens (tertiary/aromatic N) is 2. The zero-order valence-corrected chi connectivity index (χ0v) is 15.9. The quantitative estimate of drug-likeness (QED) is 0.497. The van der Waals surface area contributed by atoms with E-state index >= 15 is 0 Å². The summed E-state index contributed by atoms with van der Waals surface area (Å²) in [6.07, 6.45) is 0.239. The number of nitrogens with one attached hydrogen (secondary N) is 1. The van der Waals surface area contributed by atoms with Crippen LogP contribution in [-0.2, 0) is 4.79 Å². The Morgan fingerprint density at radius 2 is 1.77 bits per heavy atom. The average molecular weight is 403 g/mol. The Hall–Kier alpha value is -4.20. The number of carboxylic acid groups (broad SMARTS) is 1. The van der Waals surface area contributed by atoms with Crippen LogP contribution in [0.2, 0.25) is 0 Å². The summed E-state index contributed by atoms with van der Waals surface area (Å²) in [6.45, 7) is 1.41. The van der Waals surface area contributed by atoms with E-state index in [1.807, 2.05) is 24.3 Å². The van der Waals surface area contributed by atoms with Gasteiger partial charge in [0, 0.05) is 5.56 Å². The molecule has 0 unspecified atom stereocenters. The molecule has 0 aliphatic rings. The molecule has 0 fully saturated rings.